The fourth-order valence-corrected chi connectivity index (χ4v) is 4.18. The van der Waals surface area contributed by atoms with E-state index in [1.807, 2.05) is 12.3 Å². The van der Waals surface area contributed by atoms with Crippen LogP contribution in [0.5, 0.6) is 5.75 Å². The van der Waals surface area contributed by atoms with Gasteiger partial charge in [-0.2, -0.15) is 0 Å². The van der Waals surface area contributed by atoms with E-state index in [-0.39, 0.29) is 29.6 Å². The predicted octanol–water partition coefficient (Wildman–Crippen LogP) is 5.19. The van der Waals surface area contributed by atoms with Crippen LogP contribution in [0.4, 0.5) is 13.2 Å². The summed E-state index contributed by atoms with van der Waals surface area (Å²) in [6.45, 7) is 1.68. The minimum absolute atomic E-state index is 0.105. The summed E-state index contributed by atoms with van der Waals surface area (Å²) < 4.78 is 46.8. The van der Waals surface area contributed by atoms with Crippen molar-refractivity contribution in [2.45, 2.75) is 37.2 Å². The van der Waals surface area contributed by atoms with Crippen LogP contribution in [0.3, 0.4) is 0 Å². The molecule has 2 unspecified atom stereocenters. The van der Waals surface area contributed by atoms with E-state index in [1.165, 1.54) is 12.1 Å². The maximum atomic E-state index is 12.4. The molecular formula is C21H24Cl2F3N3O2. The Bertz CT molecular complexity index is 861. The third-order valence-electron chi connectivity index (χ3n) is 5.17. The molecule has 2 heterocycles. The molecule has 0 amide bonds. The van der Waals surface area contributed by atoms with Gasteiger partial charge in [-0.3, -0.25) is 10.3 Å². The maximum absolute atomic E-state index is 12.4. The highest BCUT2D eigenvalue weighted by atomic mass is 35.5. The number of benzene rings is 1. The average molecular weight is 478 g/mol. The van der Waals surface area contributed by atoms with Gasteiger partial charge in [-0.1, -0.05) is 35.4 Å². The lowest BCUT2D eigenvalue weighted by Gasteiger charge is -2.29. The van der Waals surface area contributed by atoms with Crippen molar-refractivity contribution in [1.82, 2.24) is 9.80 Å². The van der Waals surface area contributed by atoms with Crippen LogP contribution in [0.2, 0.25) is 5.02 Å². The van der Waals surface area contributed by atoms with Gasteiger partial charge < -0.3 is 14.4 Å². The SMILES string of the molecule is CN1CCCC1C1=CN(C(=N)C(Cl)OCCc2cc(Cl)cc(OC(F)(F)F)c2)CC=C1. The monoisotopic (exact) mass is 477 g/mol. The lowest BCUT2D eigenvalue weighted by molar-refractivity contribution is -0.274. The van der Waals surface area contributed by atoms with Crippen molar-refractivity contribution in [3.05, 3.63) is 52.7 Å². The van der Waals surface area contributed by atoms with Gasteiger partial charge in [-0.05, 0) is 62.2 Å². The Hall–Kier alpha value is -1.74. The van der Waals surface area contributed by atoms with Gasteiger partial charge in [0.1, 0.15) is 11.6 Å². The highest BCUT2D eigenvalue weighted by Gasteiger charge is 2.31. The molecule has 1 aromatic carbocycles. The molecule has 0 aliphatic carbocycles. The highest BCUT2D eigenvalue weighted by molar-refractivity contribution is 6.31. The number of amidine groups is 1. The first kappa shape index (κ1) is 23.9. The van der Waals surface area contributed by atoms with Crippen molar-refractivity contribution in [3.63, 3.8) is 0 Å². The molecule has 1 saturated heterocycles. The largest absolute Gasteiger partial charge is 0.573 e. The number of hydrogen-bond acceptors (Lipinski definition) is 4. The maximum Gasteiger partial charge on any atom is 0.573 e. The number of nitrogens with one attached hydrogen (secondary N) is 1. The Morgan fingerprint density at radius 1 is 1.32 bits per heavy atom. The van der Waals surface area contributed by atoms with Gasteiger partial charge in [-0.25, -0.2) is 0 Å². The fourth-order valence-electron chi connectivity index (χ4n) is 3.72. The van der Waals surface area contributed by atoms with Gasteiger partial charge in [0, 0.05) is 23.8 Å². The fraction of sp³-hybridized carbons (Fsp3) is 0.476. The van der Waals surface area contributed by atoms with E-state index < -0.39 is 11.9 Å². The summed E-state index contributed by atoms with van der Waals surface area (Å²) in [6, 6.07) is 4.21. The van der Waals surface area contributed by atoms with Crippen molar-refractivity contribution in [3.8, 4) is 5.75 Å². The molecule has 0 saturated carbocycles. The van der Waals surface area contributed by atoms with Crippen molar-refractivity contribution in [2.24, 2.45) is 0 Å². The lowest BCUT2D eigenvalue weighted by atomic mass is 10.0. The molecule has 0 spiro atoms. The summed E-state index contributed by atoms with van der Waals surface area (Å²) in [6.07, 6.45) is 3.70. The Morgan fingerprint density at radius 2 is 2.10 bits per heavy atom. The van der Waals surface area contributed by atoms with Crippen LogP contribution in [0.15, 0.2) is 42.1 Å². The molecule has 2 aliphatic rings. The summed E-state index contributed by atoms with van der Waals surface area (Å²) in [5, 5.41) is 8.49. The first-order valence-corrected chi connectivity index (χ1v) is 10.7. The van der Waals surface area contributed by atoms with Crippen molar-refractivity contribution in [2.75, 3.05) is 26.7 Å². The van der Waals surface area contributed by atoms with Gasteiger partial charge >= 0.3 is 6.36 Å². The number of likely N-dealkylation sites (tertiary alicyclic amines) is 1. The molecule has 10 heteroatoms. The van der Waals surface area contributed by atoms with Gasteiger partial charge in [0.2, 0.25) is 0 Å². The van der Waals surface area contributed by atoms with Crippen molar-refractivity contribution < 1.29 is 22.6 Å². The van der Waals surface area contributed by atoms with Crippen LogP contribution in [-0.4, -0.2) is 60.3 Å². The van der Waals surface area contributed by atoms with Gasteiger partial charge in [0.05, 0.1) is 6.61 Å². The van der Waals surface area contributed by atoms with E-state index in [4.69, 9.17) is 33.3 Å². The minimum atomic E-state index is -4.79. The molecule has 0 radical (unpaired) electrons. The zero-order chi connectivity index (χ0) is 22.6. The van der Waals surface area contributed by atoms with Gasteiger partial charge in [-0.15, -0.1) is 13.2 Å². The van der Waals surface area contributed by atoms with E-state index in [0.717, 1.165) is 31.0 Å². The zero-order valence-corrected chi connectivity index (χ0v) is 18.5. The number of hydrogen-bond donors (Lipinski definition) is 1. The normalized spacial score (nSPS) is 20.6. The van der Waals surface area contributed by atoms with E-state index in [0.29, 0.717) is 18.2 Å². The Morgan fingerprint density at radius 3 is 2.77 bits per heavy atom. The van der Waals surface area contributed by atoms with Gasteiger partial charge in [0.15, 0.2) is 5.56 Å². The molecule has 1 N–H and O–H groups in total. The summed E-state index contributed by atoms with van der Waals surface area (Å²) >= 11 is 12.1. The molecule has 2 atom stereocenters. The minimum Gasteiger partial charge on any atom is -0.406 e. The van der Waals surface area contributed by atoms with E-state index in [9.17, 15) is 13.2 Å². The molecule has 31 heavy (non-hydrogen) atoms. The number of halogens is 5. The number of alkyl halides is 4. The molecule has 170 valence electrons. The van der Waals surface area contributed by atoms with Crippen LogP contribution in [-0.2, 0) is 11.2 Å². The predicted molar refractivity (Wildman–Crippen MR) is 115 cm³/mol. The third kappa shape index (κ3) is 6.87. The molecule has 5 nitrogen and oxygen atoms in total. The molecular weight excluding hydrogens is 454 g/mol. The van der Waals surface area contributed by atoms with E-state index in [2.05, 4.69) is 22.8 Å². The van der Waals surface area contributed by atoms with Crippen LogP contribution < -0.4 is 4.74 Å². The first-order valence-electron chi connectivity index (χ1n) is 9.87. The van der Waals surface area contributed by atoms with Crippen LogP contribution in [0.1, 0.15) is 18.4 Å². The number of nitrogens with zero attached hydrogens (tertiary/aromatic N) is 2. The Kier molecular flexibility index (Phi) is 7.91. The number of likely N-dealkylation sites (N-methyl/N-ethyl adjacent to an activating group) is 1. The average Bonchev–Trinajstić information content (AvgIpc) is 3.11. The van der Waals surface area contributed by atoms with Crippen LogP contribution in [0, 0.1) is 5.41 Å². The lowest BCUT2D eigenvalue weighted by Crippen LogP contribution is -2.37. The Balaban J connectivity index is 1.54. The summed E-state index contributed by atoms with van der Waals surface area (Å²) in [7, 11) is 2.09. The molecule has 3 rings (SSSR count). The first-order chi connectivity index (χ1) is 14.6. The molecule has 1 fully saturated rings. The molecule has 2 aliphatic heterocycles. The zero-order valence-electron chi connectivity index (χ0n) is 17.0. The summed E-state index contributed by atoms with van der Waals surface area (Å²) in [5.41, 5.74) is 0.654. The highest BCUT2D eigenvalue weighted by Crippen LogP contribution is 2.28. The van der Waals surface area contributed by atoms with Gasteiger partial charge in [0.25, 0.3) is 0 Å². The standard InChI is InChI=1S/C21H24Cl2F3N3O2/c1-28-7-3-5-18(28)15-4-2-8-29(13-15)20(27)19(23)30-9-6-14-10-16(22)12-17(11-14)31-21(24,25)26/h2,4,10-13,18-19,27H,3,5-9H2,1H3. The second-order valence-corrected chi connectivity index (χ2v) is 8.32. The number of rotatable bonds is 7. The van der Waals surface area contributed by atoms with Crippen molar-refractivity contribution in [1.29, 1.82) is 5.41 Å². The van der Waals surface area contributed by atoms with Crippen molar-refractivity contribution >= 4 is 29.0 Å². The Labute approximate surface area is 189 Å². The molecule has 1 aromatic rings. The number of ether oxygens (including phenoxy) is 2. The summed E-state index contributed by atoms with van der Waals surface area (Å²) in [4.78, 5) is 4.04. The topological polar surface area (TPSA) is 48.8 Å². The smallest absolute Gasteiger partial charge is 0.406 e. The molecule has 0 bridgehead atoms. The third-order valence-corrected chi connectivity index (χ3v) is 5.72. The van der Waals surface area contributed by atoms with E-state index >= 15 is 0 Å². The second kappa shape index (κ2) is 10.3. The van der Waals surface area contributed by atoms with Crippen LogP contribution in [0.25, 0.3) is 0 Å². The second-order valence-electron chi connectivity index (χ2n) is 7.49. The van der Waals surface area contributed by atoms with Crippen LogP contribution >= 0.6 is 23.2 Å². The molecule has 0 aromatic heterocycles. The summed E-state index contributed by atoms with van der Waals surface area (Å²) in [5.74, 6) is -0.281. The van der Waals surface area contributed by atoms with E-state index in [1.54, 1.807) is 4.90 Å². The quantitative estimate of drug-likeness (QED) is 0.333.